The Morgan fingerprint density at radius 1 is 1.24 bits per heavy atom. The van der Waals surface area contributed by atoms with Crippen LogP contribution in [0.3, 0.4) is 0 Å². The molecule has 0 unspecified atom stereocenters. The van der Waals surface area contributed by atoms with E-state index in [4.69, 9.17) is 0 Å². The standard InChI is InChI=1S/C13H23FN2O/c14-11-6-8-16(10-11)9-7-13(17)15-12-4-2-1-3-5-12/h11-12H,1-10H2,(H,15,17)/t11-/m1/s1. The molecule has 2 fully saturated rings. The van der Waals surface area contributed by atoms with E-state index in [0.29, 0.717) is 32.0 Å². The number of carbonyl (C=O) groups is 1. The molecule has 1 heterocycles. The molecule has 0 bridgehead atoms. The van der Waals surface area contributed by atoms with Gasteiger partial charge in [-0.05, 0) is 19.3 Å². The van der Waals surface area contributed by atoms with Crippen LogP contribution in [0.4, 0.5) is 4.39 Å². The van der Waals surface area contributed by atoms with Gasteiger partial charge in [0, 0.05) is 32.1 Å². The number of nitrogens with zero attached hydrogens (tertiary/aromatic N) is 1. The molecule has 1 aliphatic heterocycles. The van der Waals surface area contributed by atoms with Crippen molar-refractivity contribution in [2.45, 2.75) is 57.2 Å². The first-order valence-corrected chi connectivity index (χ1v) is 6.90. The van der Waals surface area contributed by atoms with E-state index in [1.54, 1.807) is 0 Å². The molecular weight excluding hydrogens is 219 g/mol. The summed E-state index contributed by atoms with van der Waals surface area (Å²) in [5.74, 6) is 0.138. The zero-order valence-corrected chi connectivity index (χ0v) is 10.5. The highest BCUT2D eigenvalue weighted by atomic mass is 19.1. The number of hydrogen-bond donors (Lipinski definition) is 1. The van der Waals surface area contributed by atoms with Gasteiger partial charge >= 0.3 is 0 Å². The second-order valence-electron chi connectivity index (χ2n) is 5.34. The van der Waals surface area contributed by atoms with Crippen molar-refractivity contribution in [1.29, 1.82) is 0 Å². The van der Waals surface area contributed by atoms with E-state index in [9.17, 15) is 9.18 Å². The number of amides is 1. The Hall–Kier alpha value is -0.640. The predicted octanol–water partition coefficient (Wildman–Crippen LogP) is 1.87. The van der Waals surface area contributed by atoms with Crippen molar-refractivity contribution in [3.05, 3.63) is 0 Å². The molecular formula is C13H23FN2O. The van der Waals surface area contributed by atoms with Crippen molar-refractivity contribution in [3.8, 4) is 0 Å². The van der Waals surface area contributed by atoms with Crippen molar-refractivity contribution in [3.63, 3.8) is 0 Å². The predicted molar refractivity (Wildman–Crippen MR) is 65.6 cm³/mol. The second-order valence-corrected chi connectivity index (χ2v) is 5.34. The molecule has 1 saturated carbocycles. The van der Waals surface area contributed by atoms with Gasteiger partial charge in [-0.2, -0.15) is 0 Å². The Bertz CT molecular complexity index is 254. The Labute approximate surface area is 103 Å². The van der Waals surface area contributed by atoms with Crippen LogP contribution in [0.15, 0.2) is 0 Å². The molecule has 0 spiro atoms. The summed E-state index contributed by atoms with van der Waals surface area (Å²) in [6.07, 6.45) is 6.49. The minimum absolute atomic E-state index is 0.138. The van der Waals surface area contributed by atoms with Gasteiger partial charge in [-0.3, -0.25) is 9.69 Å². The van der Waals surface area contributed by atoms with E-state index >= 15 is 0 Å². The molecule has 0 radical (unpaired) electrons. The summed E-state index contributed by atoms with van der Waals surface area (Å²) in [5, 5.41) is 3.09. The van der Waals surface area contributed by atoms with Gasteiger partial charge in [0.25, 0.3) is 0 Å². The lowest BCUT2D eigenvalue weighted by Crippen LogP contribution is -2.38. The molecule has 0 aromatic heterocycles. The van der Waals surface area contributed by atoms with E-state index in [1.165, 1.54) is 19.3 Å². The minimum atomic E-state index is -0.684. The van der Waals surface area contributed by atoms with E-state index in [-0.39, 0.29) is 5.91 Å². The summed E-state index contributed by atoms with van der Waals surface area (Å²) >= 11 is 0. The topological polar surface area (TPSA) is 32.3 Å². The Morgan fingerprint density at radius 3 is 2.65 bits per heavy atom. The first-order chi connectivity index (χ1) is 8.24. The van der Waals surface area contributed by atoms with Crippen LogP contribution in [-0.4, -0.2) is 42.7 Å². The van der Waals surface area contributed by atoms with Crippen molar-refractivity contribution < 1.29 is 9.18 Å². The number of alkyl halides is 1. The first-order valence-electron chi connectivity index (χ1n) is 6.90. The fourth-order valence-electron chi connectivity index (χ4n) is 2.79. The van der Waals surface area contributed by atoms with Crippen LogP contribution in [0.2, 0.25) is 0 Å². The maximum absolute atomic E-state index is 12.9. The SMILES string of the molecule is O=C(CCN1CC[C@@H](F)C1)NC1CCCCC1. The Kier molecular flexibility index (Phi) is 4.77. The largest absolute Gasteiger partial charge is 0.353 e. The number of likely N-dealkylation sites (tertiary alicyclic amines) is 1. The highest BCUT2D eigenvalue weighted by molar-refractivity contribution is 5.76. The van der Waals surface area contributed by atoms with Crippen molar-refractivity contribution in [2.24, 2.45) is 0 Å². The molecule has 4 heteroatoms. The number of carbonyl (C=O) groups excluding carboxylic acids is 1. The fraction of sp³-hybridized carbons (Fsp3) is 0.923. The van der Waals surface area contributed by atoms with E-state index in [1.807, 2.05) is 4.90 Å². The van der Waals surface area contributed by atoms with Crippen LogP contribution in [0.5, 0.6) is 0 Å². The summed E-state index contributed by atoms with van der Waals surface area (Å²) < 4.78 is 12.9. The van der Waals surface area contributed by atoms with Crippen molar-refractivity contribution >= 4 is 5.91 Å². The van der Waals surface area contributed by atoms with Gasteiger partial charge in [-0.25, -0.2) is 4.39 Å². The molecule has 2 rings (SSSR count). The summed E-state index contributed by atoms with van der Waals surface area (Å²) in [6.45, 7) is 2.02. The minimum Gasteiger partial charge on any atom is -0.353 e. The van der Waals surface area contributed by atoms with Gasteiger partial charge in [0.1, 0.15) is 6.17 Å². The zero-order chi connectivity index (χ0) is 12.1. The highest BCUT2D eigenvalue weighted by Gasteiger charge is 2.22. The van der Waals surface area contributed by atoms with Gasteiger partial charge < -0.3 is 5.32 Å². The van der Waals surface area contributed by atoms with E-state index in [0.717, 1.165) is 19.4 Å². The molecule has 2 aliphatic rings. The second kappa shape index (κ2) is 6.34. The molecule has 0 aromatic carbocycles. The third-order valence-corrected chi connectivity index (χ3v) is 3.84. The molecule has 1 N–H and O–H groups in total. The van der Waals surface area contributed by atoms with Crippen LogP contribution in [0.1, 0.15) is 44.9 Å². The monoisotopic (exact) mass is 242 g/mol. The van der Waals surface area contributed by atoms with E-state index < -0.39 is 6.17 Å². The highest BCUT2D eigenvalue weighted by Crippen LogP contribution is 2.17. The number of halogens is 1. The van der Waals surface area contributed by atoms with Crippen LogP contribution in [-0.2, 0) is 4.79 Å². The van der Waals surface area contributed by atoms with Crippen LogP contribution < -0.4 is 5.32 Å². The molecule has 0 aromatic rings. The number of hydrogen-bond acceptors (Lipinski definition) is 2. The summed E-state index contributed by atoms with van der Waals surface area (Å²) in [6, 6.07) is 0.392. The third kappa shape index (κ3) is 4.26. The smallest absolute Gasteiger partial charge is 0.221 e. The van der Waals surface area contributed by atoms with Crippen LogP contribution in [0, 0.1) is 0 Å². The maximum Gasteiger partial charge on any atom is 0.221 e. The van der Waals surface area contributed by atoms with Gasteiger partial charge in [-0.1, -0.05) is 19.3 Å². The Morgan fingerprint density at radius 2 is 2.00 bits per heavy atom. The molecule has 1 amide bonds. The fourth-order valence-corrected chi connectivity index (χ4v) is 2.79. The van der Waals surface area contributed by atoms with Crippen molar-refractivity contribution in [2.75, 3.05) is 19.6 Å². The summed E-state index contributed by atoms with van der Waals surface area (Å²) in [5.41, 5.74) is 0. The number of nitrogens with one attached hydrogen (secondary N) is 1. The molecule has 17 heavy (non-hydrogen) atoms. The molecule has 1 aliphatic carbocycles. The molecule has 3 nitrogen and oxygen atoms in total. The third-order valence-electron chi connectivity index (χ3n) is 3.84. The lowest BCUT2D eigenvalue weighted by molar-refractivity contribution is -0.122. The summed E-state index contributed by atoms with van der Waals surface area (Å²) in [4.78, 5) is 13.8. The van der Waals surface area contributed by atoms with Gasteiger partial charge in [0.15, 0.2) is 0 Å². The summed E-state index contributed by atoms with van der Waals surface area (Å²) in [7, 11) is 0. The average molecular weight is 242 g/mol. The van der Waals surface area contributed by atoms with Crippen molar-refractivity contribution in [1.82, 2.24) is 10.2 Å². The molecule has 98 valence electrons. The van der Waals surface area contributed by atoms with Gasteiger partial charge in [0.2, 0.25) is 5.91 Å². The lowest BCUT2D eigenvalue weighted by atomic mass is 9.95. The molecule has 1 atom stereocenters. The zero-order valence-electron chi connectivity index (χ0n) is 10.5. The quantitative estimate of drug-likeness (QED) is 0.816. The first kappa shape index (κ1) is 12.8. The normalized spacial score (nSPS) is 27.2. The van der Waals surface area contributed by atoms with Crippen LogP contribution >= 0.6 is 0 Å². The lowest BCUT2D eigenvalue weighted by Gasteiger charge is -2.23. The van der Waals surface area contributed by atoms with Gasteiger partial charge in [-0.15, -0.1) is 0 Å². The van der Waals surface area contributed by atoms with Crippen LogP contribution in [0.25, 0.3) is 0 Å². The Balaban J connectivity index is 1.60. The van der Waals surface area contributed by atoms with E-state index in [2.05, 4.69) is 5.32 Å². The van der Waals surface area contributed by atoms with Gasteiger partial charge in [0.05, 0.1) is 0 Å². The number of rotatable bonds is 4. The average Bonchev–Trinajstić information content (AvgIpc) is 2.74. The molecule has 1 saturated heterocycles. The maximum atomic E-state index is 12.9.